The lowest BCUT2D eigenvalue weighted by molar-refractivity contribution is -0.137. The highest BCUT2D eigenvalue weighted by Gasteiger charge is 2.54. The topological polar surface area (TPSA) is 60.9 Å². The molecule has 31 heavy (non-hydrogen) atoms. The number of hydrogen-bond donors (Lipinski definition) is 1. The highest BCUT2D eigenvalue weighted by Crippen LogP contribution is 2.45. The maximum Gasteiger partial charge on any atom is 0.321 e. The van der Waals surface area contributed by atoms with E-state index in [1.807, 2.05) is 48.2 Å². The zero-order valence-corrected chi connectivity index (χ0v) is 18.7. The fourth-order valence-corrected chi connectivity index (χ4v) is 6.57. The average molecular weight is 439 g/mol. The molecule has 2 saturated heterocycles. The SMILES string of the molecule is C[C@H](c1ccccc1)N1C(=O)N(Cc2ccccc2)[C@@H]2C(CCCCC(=O)O)SC[C@@H]21. The van der Waals surface area contributed by atoms with Crippen LogP contribution in [0.2, 0.25) is 0 Å². The molecule has 2 aliphatic heterocycles. The number of hydrogen-bond acceptors (Lipinski definition) is 3. The Kier molecular flexibility index (Phi) is 6.86. The summed E-state index contributed by atoms with van der Waals surface area (Å²) in [6.07, 6.45) is 2.75. The number of fused-ring (bicyclic) bond motifs is 1. The van der Waals surface area contributed by atoms with E-state index in [2.05, 4.69) is 41.0 Å². The molecular formula is C25H30N2O3S. The Morgan fingerprint density at radius 3 is 2.45 bits per heavy atom. The second-order valence-corrected chi connectivity index (χ2v) is 9.73. The lowest BCUT2D eigenvalue weighted by Crippen LogP contribution is -2.40. The number of urea groups is 1. The van der Waals surface area contributed by atoms with Crippen molar-refractivity contribution < 1.29 is 14.7 Å². The van der Waals surface area contributed by atoms with Crippen LogP contribution < -0.4 is 0 Å². The highest BCUT2D eigenvalue weighted by atomic mass is 32.2. The van der Waals surface area contributed by atoms with Gasteiger partial charge in [0, 0.05) is 24.0 Å². The first-order valence-electron chi connectivity index (χ1n) is 11.1. The molecule has 0 radical (unpaired) electrons. The Morgan fingerprint density at radius 1 is 1.10 bits per heavy atom. The number of carbonyl (C=O) groups excluding carboxylic acids is 1. The summed E-state index contributed by atoms with van der Waals surface area (Å²) in [5, 5.41) is 9.28. The van der Waals surface area contributed by atoms with E-state index in [1.165, 1.54) is 0 Å². The van der Waals surface area contributed by atoms with Gasteiger partial charge in [-0.2, -0.15) is 11.8 Å². The van der Waals surface area contributed by atoms with E-state index in [0.29, 0.717) is 18.2 Å². The van der Waals surface area contributed by atoms with Crippen molar-refractivity contribution in [3.63, 3.8) is 0 Å². The van der Waals surface area contributed by atoms with Crippen molar-refractivity contribution >= 4 is 23.8 Å². The molecular weight excluding hydrogens is 408 g/mol. The van der Waals surface area contributed by atoms with Crippen LogP contribution in [0.1, 0.15) is 49.8 Å². The van der Waals surface area contributed by atoms with E-state index in [9.17, 15) is 9.59 Å². The number of rotatable bonds is 9. The number of carboxylic acids is 1. The molecule has 4 atom stereocenters. The minimum atomic E-state index is -0.735. The Hall–Kier alpha value is -2.47. The number of aliphatic carboxylic acids is 1. The van der Waals surface area contributed by atoms with Crippen LogP contribution in [0.15, 0.2) is 60.7 Å². The van der Waals surface area contributed by atoms with E-state index < -0.39 is 5.97 Å². The molecule has 0 aliphatic carbocycles. The molecule has 164 valence electrons. The molecule has 0 spiro atoms. The van der Waals surface area contributed by atoms with E-state index >= 15 is 0 Å². The molecule has 4 rings (SSSR count). The van der Waals surface area contributed by atoms with Gasteiger partial charge in [0.1, 0.15) is 0 Å². The van der Waals surface area contributed by atoms with E-state index in [0.717, 1.165) is 29.7 Å². The van der Waals surface area contributed by atoms with Crippen molar-refractivity contribution in [1.29, 1.82) is 0 Å². The summed E-state index contributed by atoms with van der Waals surface area (Å²) >= 11 is 1.94. The van der Waals surface area contributed by atoms with Crippen molar-refractivity contribution in [3.05, 3.63) is 71.8 Å². The minimum absolute atomic E-state index is 0.0216. The maximum atomic E-state index is 13.7. The van der Waals surface area contributed by atoms with Crippen LogP contribution in [0.3, 0.4) is 0 Å². The van der Waals surface area contributed by atoms with Crippen LogP contribution in [-0.4, -0.2) is 50.0 Å². The normalized spacial score (nSPS) is 23.8. The zero-order chi connectivity index (χ0) is 21.8. The molecule has 0 aromatic heterocycles. The third-order valence-electron chi connectivity index (χ3n) is 6.46. The molecule has 5 nitrogen and oxygen atoms in total. The minimum Gasteiger partial charge on any atom is -0.481 e. The number of thioether (sulfide) groups is 1. The molecule has 2 fully saturated rings. The van der Waals surface area contributed by atoms with Gasteiger partial charge < -0.3 is 14.9 Å². The maximum absolute atomic E-state index is 13.7. The summed E-state index contributed by atoms with van der Waals surface area (Å²) in [5.74, 6) is 0.198. The Bertz CT molecular complexity index is 892. The Morgan fingerprint density at radius 2 is 1.77 bits per heavy atom. The summed E-state index contributed by atoms with van der Waals surface area (Å²) in [4.78, 5) is 28.7. The molecule has 2 aliphatic rings. The van der Waals surface area contributed by atoms with Gasteiger partial charge in [-0.3, -0.25) is 4.79 Å². The number of unbranched alkanes of at least 4 members (excludes halogenated alkanes) is 1. The third-order valence-corrected chi connectivity index (χ3v) is 7.94. The number of amides is 2. The number of benzene rings is 2. The molecule has 2 aromatic rings. The van der Waals surface area contributed by atoms with Gasteiger partial charge in [-0.25, -0.2) is 4.79 Å². The van der Waals surface area contributed by atoms with E-state index in [1.54, 1.807) is 0 Å². The summed E-state index contributed by atoms with van der Waals surface area (Å²) in [6.45, 7) is 2.74. The van der Waals surface area contributed by atoms with Crippen LogP contribution in [-0.2, 0) is 11.3 Å². The fourth-order valence-electron chi connectivity index (χ4n) is 4.91. The molecule has 6 heteroatoms. The monoisotopic (exact) mass is 438 g/mol. The highest BCUT2D eigenvalue weighted by molar-refractivity contribution is 8.00. The molecule has 1 N–H and O–H groups in total. The van der Waals surface area contributed by atoms with Gasteiger partial charge in [-0.1, -0.05) is 67.1 Å². The largest absolute Gasteiger partial charge is 0.481 e. The van der Waals surface area contributed by atoms with Crippen molar-refractivity contribution in [3.8, 4) is 0 Å². The van der Waals surface area contributed by atoms with Crippen LogP contribution in [0.4, 0.5) is 4.79 Å². The number of carbonyl (C=O) groups is 2. The van der Waals surface area contributed by atoms with Gasteiger partial charge in [0.25, 0.3) is 0 Å². The Labute approximate surface area is 188 Å². The smallest absolute Gasteiger partial charge is 0.321 e. The van der Waals surface area contributed by atoms with Gasteiger partial charge in [0.15, 0.2) is 0 Å². The van der Waals surface area contributed by atoms with Crippen molar-refractivity contribution in [2.45, 2.75) is 62.5 Å². The summed E-state index contributed by atoms with van der Waals surface area (Å²) < 4.78 is 0. The van der Waals surface area contributed by atoms with E-state index in [4.69, 9.17) is 5.11 Å². The second kappa shape index (κ2) is 9.77. The number of nitrogens with zero attached hydrogens (tertiary/aromatic N) is 2. The first-order chi connectivity index (χ1) is 15.1. The molecule has 0 saturated carbocycles. The van der Waals surface area contributed by atoms with Gasteiger partial charge >= 0.3 is 12.0 Å². The van der Waals surface area contributed by atoms with Crippen LogP contribution in [0, 0.1) is 0 Å². The molecule has 2 aromatic carbocycles. The predicted octanol–water partition coefficient (Wildman–Crippen LogP) is 5.18. The van der Waals surface area contributed by atoms with Crippen LogP contribution >= 0.6 is 11.8 Å². The molecule has 0 bridgehead atoms. The van der Waals surface area contributed by atoms with Crippen molar-refractivity contribution in [2.75, 3.05) is 5.75 Å². The van der Waals surface area contributed by atoms with Gasteiger partial charge in [0.05, 0.1) is 18.1 Å². The lowest BCUT2D eigenvalue weighted by atomic mass is 9.99. The summed E-state index contributed by atoms with van der Waals surface area (Å²) in [6, 6.07) is 20.9. The first-order valence-corrected chi connectivity index (χ1v) is 12.1. The quantitative estimate of drug-likeness (QED) is 0.433. The van der Waals surface area contributed by atoms with Crippen LogP contribution in [0.5, 0.6) is 0 Å². The number of carboxylic acid groups (broad SMARTS) is 1. The van der Waals surface area contributed by atoms with E-state index in [-0.39, 0.29) is 30.6 Å². The van der Waals surface area contributed by atoms with Gasteiger partial charge in [0.2, 0.25) is 0 Å². The first kappa shape index (κ1) is 21.8. The standard InChI is InChI=1S/C25H30N2O3S/c1-18(20-12-6-3-7-13-20)27-21-17-31-22(14-8-9-15-23(28)29)24(21)26(25(27)30)16-19-10-4-2-5-11-19/h2-7,10-13,18,21-22,24H,8-9,14-17H2,1H3,(H,28,29)/t18-,21+,22?,24+/m1/s1. The molecule has 2 heterocycles. The summed E-state index contributed by atoms with van der Waals surface area (Å²) in [7, 11) is 0. The van der Waals surface area contributed by atoms with Gasteiger partial charge in [-0.15, -0.1) is 0 Å². The summed E-state index contributed by atoms with van der Waals surface area (Å²) in [5.41, 5.74) is 2.30. The van der Waals surface area contributed by atoms with Crippen molar-refractivity contribution in [2.24, 2.45) is 0 Å². The second-order valence-electron chi connectivity index (χ2n) is 8.46. The van der Waals surface area contributed by atoms with Gasteiger partial charge in [-0.05, 0) is 30.9 Å². The molecule has 2 amide bonds. The third kappa shape index (κ3) is 4.74. The van der Waals surface area contributed by atoms with Crippen LogP contribution in [0.25, 0.3) is 0 Å². The predicted molar refractivity (Wildman–Crippen MR) is 124 cm³/mol. The lowest BCUT2D eigenvalue weighted by Gasteiger charge is -2.29. The Balaban J connectivity index is 1.55. The average Bonchev–Trinajstić information content (AvgIpc) is 3.30. The molecule has 1 unspecified atom stereocenters. The van der Waals surface area contributed by atoms with Crippen molar-refractivity contribution in [1.82, 2.24) is 9.80 Å². The fraction of sp³-hybridized carbons (Fsp3) is 0.440. The zero-order valence-electron chi connectivity index (χ0n) is 17.9.